The first-order valence-corrected chi connectivity index (χ1v) is 10.4. The zero-order valence-electron chi connectivity index (χ0n) is 16.2. The second-order valence-corrected chi connectivity index (χ2v) is 8.91. The minimum atomic E-state index is -3.41. The van der Waals surface area contributed by atoms with E-state index in [-0.39, 0.29) is 11.9 Å². The lowest BCUT2D eigenvalue weighted by Crippen LogP contribution is -2.44. The van der Waals surface area contributed by atoms with Crippen molar-refractivity contribution in [2.45, 2.75) is 18.9 Å². The van der Waals surface area contributed by atoms with Crippen molar-refractivity contribution in [3.8, 4) is 5.75 Å². The lowest BCUT2D eigenvalue weighted by atomic mass is 10.1. The summed E-state index contributed by atoms with van der Waals surface area (Å²) in [5.74, 6) is 1.03. The fraction of sp³-hybridized carbons (Fsp3) is 0.444. The fourth-order valence-corrected chi connectivity index (χ4v) is 4.32. The molecule has 1 aromatic carbocycles. The van der Waals surface area contributed by atoms with Gasteiger partial charge in [0.1, 0.15) is 11.6 Å². The average molecular weight is 407 g/mol. The maximum atomic E-state index is 12.5. The summed E-state index contributed by atoms with van der Waals surface area (Å²) in [7, 11) is 1.23. The minimum absolute atomic E-state index is 0.0229. The quantitative estimate of drug-likeness (QED) is 0.784. The van der Waals surface area contributed by atoms with Crippen molar-refractivity contribution in [2.75, 3.05) is 39.6 Å². The van der Waals surface area contributed by atoms with Crippen LogP contribution in [0.5, 0.6) is 5.75 Å². The van der Waals surface area contributed by atoms with Crippen LogP contribution in [0.4, 0.5) is 5.82 Å². The molecule has 2 aromatic rings. The van der Waals surface area contributed by atoms with Crippen molar-refractivity contribution >= 4 is 21.9 Å². The number of nitrogens with zero attached hydrogens (tertiary/aromatic N) is 4. The lowest BCUT2D eigenvalue weighted by molar-refractivity contribution is 0.102. The van der Waals surface area contributed by atoms with E-state index in [4.69, 9.17) is 4.74 Å². The molecule has 0 unspecified atom stereocenters. The van der Waals surface area contributed by atoms with Gasteiger partial charge < -0.3 is 10.1 Å². The molecule has 1 aliphatic rings. The van der Waals surface area contributed by atoms with Gasteiger partial charge in [-0.05, 0) is 37.1 Å². The van der Waals surface area contributed by atoms with Gasteiger partial charge in [-0.2, -0.15) is 22.1 Å². The molecule has 2 heterocycles. The summed E-state index contributed by atoms with van der Waals surface area (Å²) < 4.78 is 34.1. The van der Waals surface area contributed by atoms with Crippen LogP contribution in [0, 0.1) is 0 Å². The van der Waals surface area contributed by atoms with E-state index < -0.39 is 10.2 Å². The number of methoxy groups -OCH3 is 1. The topological polar surface area (TPSA) is 96.8 Å². The highest BCUT2D eigenvalue weighted by Gasteiger charge is 2.31. The molecule has 1 saturated heterocycles. The van der Waals surface area contributed by atoms with Crippen LogP contribution in [-0.4, -0.2) is 67.0 Å². The van der Waals surface area contributed by atoms with Gasteiger partial charge in [0.15, 0.2) is 0 Å². The number of piperidine rings is 1. The number of carbonyl (C=O) groups is 1. The van der Waals surface area contributed by atoms with E-state index >= 15 is 0 Å². The van der Waals surface area contributed by atoms with Crippen LogP contribution in [0.25, 0.3) is 0 Å². The second-order valence-electron chi connectivity index (χ2n) is 6.76. The predicted octanol–water partition coefficient (Wildman–Crippen LogP) is 1.59. The Morgan fingerprint density at radius 1 is 1.18 bits per heavy atom. The maximum Gasteiger partial charge on any atom is 0.281 e. The first kappa shape index (κ1) is 20.3. The molecule has 0 atom stereocenters. The Balaban J connectivity index is 1.66. The number of anilines is 1. The Labute approximate surface area is 165 Å². The molecular weight excluding hydrogens is 382 g/mol. The van der Waals surface area contributed by atoms with E-state index in [1.807, 2.05) is 0 Å². The molecule has 0 radical (unpaired) electrons. The van der Waals surface area contributed by atoms with Crippen molar-refractivity contribution < 1.29 is 17.9 Å². The van der Waals surface area contributed by atoms with Gasteiger partial charge in [-0.15, -0.1) is 0 Å². The Kier molecular flexibility index (Phi) is 6.01. The highest BCUT2D eigenvalue weighted by Crippen LogP contribution is 2.27. The van der Waals surface area contributed by atoms with E-state index in [9.17, 15) is 13.2 Å². The first-order chi connectivity index (χ1) is 13.3. The summed E-state index contributed by atoms with van der Waals surface area (Å²) in [5, 5.41) is 7.22. The standard InChI is InChI=1S/C18H25N5O4S/c1-21(2)28(25,26)22-12-9-15(10-13-22)23-17(8-11-19-23)20-18(24)14-4-6-16(27-3)7-5-14/h4-8,11,15H,9-10,12-13H2,1-3H3,(H,20,24). The van der Waals surface area contributed by atoms with Crippen LogP contribution in [0.3, 0.4) is 0 Å². The van der Waals surface area contributed by atoms with Gasteiger partial charge >= 0.3 is 0 Å². The zero-order valence-corrected chi connectivity index (χ0v) is 17.0. The van der Waals surface area contributed by atoms with E-state index in [1.54, 1.807) is 48.3 Å². The number of aromatic nitrogens is 2. The number of rotatable bonds is 6. The largest absolute Gasteiger partial charge is 0.497 e. The van der Waals surface area contributed by atoms with Crippen LogP contribution in [-0.2, 0) is 10.2 Å². The van der Waals surface area contributed by atoms with Crippen LogP contribution in [0.2, 0.25) is 0 Å². The number of hydrogen-bond acceptors (Lipinski definition) is 5. The normalized spacial score (nSPS) is 16.3. The predicted molar refractivity (Wildman–Crippen MR) is 106 cm³/mol. The number of carbonyl (C=O) groups excluding carboxylic acids is 1. The summed E-state index contributed by atoms with van der Waals surface area (Å²) in [4.78, 5) is 12.5. The molecule has 152 valence electrons. The highest BCUT2D eigenvalue weighted by molar-refractivity contribution is 7.86. The van der Waals surface area contributed by atoms with Gasteiger partial charge in [0.25, 0.3) is 16.1 Å². The van der Waals surface area contributed by atoms with Crippen LogP contribution in [0.1, 0.15) is 29.2 Å². The number of nitrogens with one attached hydrogen (secondary N) is 1. The number of benzene rings is 1. The van der Waals surface area contributed by atoms with Gasteiger partial charge in [-0.3, -0.25) is 4.79 Å². The third kappa shape index (κ3) is 4.18. The Morgan fingerprint density at radius 3 is 2.39 bits per heavy atom. The Bertz CT molecular complexity index is 916. The van der Waals surface area contributed by atoms with Crippen LogP contribution >= 0.6 is 0 Å². The summed E-state index contributed by atoms with van der Waals surface area (Å²) in [5.41, 5.74) is 0.514. The minimum Gasteiger partial charge on any atom is -0.497 e. The number of amides is 1. The molecule has 1 aromatic heterocycles. The molecule has 10 heteroatoms. The van der Waals surface area contributed by atoms with Crippen molar-refractivity contribution in [3.05, 3.63) is 42.1 Å². The summed E-state index contributed by atoms with van der Waals surface area (Å²) in [6.45, 7) is 0.827. The average Bonchev–Trinajstić information content (AvgIpc) is 3.16. The van der Waals surface area contributed by atoms with Gasteiger partial charge in [0.2, 0.25) is 0 Å². The summed E-state index contributed by atoms with van der Waals surface area (Å²) >= 11 is 0. The zero-order chi connectivity index (χ0) is 20.3. The molecular formula is C18H25N5O4S. The van der Waals surface area contributed by atoms with E-state index in [2.05, 4.69) is 10.4 Å². The van der Waals surface area contributed by atoms with Gasteiger partial charge in [-0.1, -0.05) is 0 Å². The van der Waals surface area contributed by atoms with Crippen molar-refractivity contribution in [1.82, 2.24) is 18.4 Å². The highest BCUT2D eigenvalue weighted by atomic mass is 32.2. The first-order valence-electron chi connectivity index (χ1n) is 8.99. The van der Waals surface area contributed by atoms with Gasteiger partial charge in [0, 0.05) is 38.8 Å². The molecule has 1 amide bonds. The molecule has 0 aliphatic carbocycles. The summed E-state index contributed by atoms with van der Waals surface area (Å²) in [6, 6.07) is 8.61. The van der Waals surface area contributed by atoms with Crippen LogP contribution < -0.4 is 10.1 Å². The van der Waals surface area contributed by atoms with E-state index in [0.717, 1.165) is 0 Å². The number of ether oxygens (including phenoxy) is 1. The molecule has 1 aliphatic heterocycles. The second kappa shape index (κ2) is 8.29. The molecule has 3 rings (SSSR count). The maximum absolute atomic E-state index is 12.5. The fourth-order valence-electron chi connectivity index (χ4n) is 3.18. The molecule has 0 bridgehead atoms. The third-order valence-electron chi connectivity index (χ3n) is 4.82. The summed E-state index contributed by atoms with van der Waals surface area (Å²) in [6.07, 6.45) is 2.88. The molecule has 1 fully saturated rings. The smallest absolute Gasteiger partial charge is 0.281 e. The van der Waals surface area contributed by atoms with Crippen LogP contribution in [0.15, 0.2) is 36.5 Å². The molecule has 0 spiro atoms. The SMILES string of the molecule is COc1ccc(C(=O)Nc2ccnn2C2CCN(S(=O)(=O)N(C)C)CC2)cc1. The molecule has 0 saturated carbocycles. The molecule has 28 heavy (non-hydrogen) atoms. The van der Waals surface area contributed by atoms with E-state index in [0.29, 0.717) is 43.1 Å². The lowest BCUT2D eigenvalue weighted by Gasteiger charge is -2.33. The van der Waals surface area contributed by atoms with Crippen molar-refractivity contribution in [3.63, 3.8) is 0 Å². The third-order valence-corrected chi connectivity index (χ3v) is 6.76. The van der Waals surface area contributed by atoms with Gasteiger partial charge in [-0.25, -0.2) is 4.68 Å². The Hall–Kier alpha value is -2.43. The monoisotopic (exact) mass is 407 g/mol. The van der Waals surface area contributed by atoms with Gasteiger partial charge in [0.05, 0.1) is 19.3 Å². The Morgan fingerprint density at radius 2 is 1.82 bits per heavy atom. The van der Waals surface area contributed by atoms with E-state index in [1.165, 1.54) is 22.7 Å². The van der Waals surface area contributed by atoms with Crippen molar-refractivity contribution in [1.29, 1.82) is 0 Å². The molecule has 9 nitrogen and oxygen atoms in total. The molecule has 1 N–H and O–H groups in total. The number of hydrogen-bond donors (Lipinski definition) is 1. The van der Waals surface area contributed by atoms with Crippen molar-refractivity contribution in [2.24, 2.45) is 0 Å².